The maximum atomic E-state index is 12.6. The van der Waals surface area contributed by atoms with Crippen LogP contribution in [-0.4, -0.2) is 23.4 Å². The van der Waals surface area contributed by atoms with Crippen molar-refractivity contribution >= 4 is 59.1 Å². The van der Waals surface area contributed by atoms with Crippen LogP contribution in [0, 0.1) is 6.92 Å². The van der Waals surface area contributed by atoms with E-state index in [0.717, 1.165) is 15.8 Å². The molecule has 0 radical (unpaired) electrons. The summed E-state index contributed by atoms with van der Waals surface area (Å²) >= 11 is 10.0. The molecule has 0 N–H and O–H groups in total. The van der Waals surface area contributed by atoms with Crippen LogP contribution in [0.5, 0.6) is 0 Å². The number of hydrogen-bond acceptors (Lipinski definition) is 6. The van der Waals surface area contributed by atoms with Gasteiger partial charge in [-0.25, -0.2) is 23.4 Å². The molecule has 0 unspecified atom stereocenters. The molecule has 0 saturated carbocycles. The van der Waals surface area contributed by atoms with E-state index in [1.165, 1.54) is 12.1 Å². The van der Waals surface area contributed by atoms with Crippen molar-refractivity contribution in [3.05, 3.63) is 39.7 Å². The van der Waals surface area contributed by atoms with Gasteiger partial charge >= 0.3 is 0 Å². The highest BCUT2D eigenvalue weighted by atomic mass is 79.9. The minimum atomic E-state index is -3.67. The van der Waals surface area contributed by atoms with E-state index in [0.29, 0.717) is 16.0 Å². The van der Waals surface area contributed by atoms with Gasteiger partial charge in [0.25, 0.3) is 0 Å². The molecule has 0 aliphatic carbocycles. The van der Waals surface area contributed by atoms with Crippen LogP contribution in [0.3, 0.4) is 0 Å². The van der Waals surface area contributed by atoms with Gasteiger partial charge in [0.15, 0.2) is 0 Å². The molecule has 0 fully saturated rings. The SMILES string of the molecule is Cc1nc(Cl)nc2sc(S(=O)(=O)c3ccc(Br)cc3)nc12. The fraction of sp³-hybridized carbons (Fsp3) is 0.0833. The maximum Gasteiger partial charge on any atom is 0.233 e. The Bertz CT molecular complexity index is 939. The molecule has 0 spiro atoms. The summed E-state index contributed by atoms with van der Waals surface area (Å²) in [6.07, 6.45) is 0. The molecule has 1 aromatic carbocycles. The standard InChI is InChI=1S/C12H7BrClN3O2S2/c1-6-9-10(17-11(14)15-6)20-12(16-9)21(18,19)8-4-2-7(13)3-5-8/h2-5H,1H3. The van der Waals surface area contributed by atoms with E-state index >= 15 is 0 Å². The predicted octanol–water partition coefficient (Wildman–Crippen LogP) is 3.64. The van der Waals surface area contributed by atoms with Crippen molar-refractivity contribution in [3.8, 4) is 0 Å². The molecular formula is C12H7BrClN3O2S2. The fourth-order valence-electron chi connectivity index (χ4n) is 1.73. The summed E-state index contributed by atoms with van der Waals surface area (Å²) in [7, 11) is -3.67. The third kappa shape index (κ3) is 2.68. The first-order valence-electron chi connectivity index (χ1n) is 5.69. The Labute approximate surface area is 138 Å². The lowest BCUT2D eigenvalue weighted by molar-refractivity contribution is 0.595. The number of hydrogen-bond donors (Lipinski definition) is 0. The van der Waals surface area contributed by atoms with Crippen molar-refractivity contribution in [3.63, 3.8) is 0 Å². The molecule has 9 heteroatoms. The van der Waals surface area contributed by atoms with Crippen LogP contribution in [0.15, 0.2) is 38.0 Å². The Balaban J connectivity index is 2.19. The summed E-state index contributed by atoms with van der Waals surface area (Å²) in [6.45, 7) is 1.71. The minimum Gasteiger partial charge on any atom is -0.221 e. The molecule has 0 saturated heterocycles. The second-order valence-corrected chi connectivity index (χ2v) is 8.52. The molecule has 2 heterocycles. The van der Waals surface area contributed by atoms with Crippen LogP contribution in [0.2, 0.25) is 5.28 Å². The molecule has 0 atom stereocenters. The van der Waals surface area contributed by atoms with E-state index in [1.54, 1.807) is 19.1 Å². The van der Waals surface area contributed by atoms with Gasteiger partial charge in [-0.15, -0.1) is 0 Å². The third-order valence-corrected chi connectivity index (χ3v) is 6.53. The Hall–Kier alpha value is -1.09. The summed E-state index contributed by atoms with van der Waals surface area (Å²) in [5, 5.41) is 0.0799. The second kappa shape index (κ2) is 5.28. The van der Waals surface area contributed by atoms with Gasteiger partial charge in [0.1, 0.15) is 10.3 Å². The molecule has 0 bridgehead atoms. The van der Waals surface area contributed by atoms with Gasteiger partial charge in [-0.3, -0.25) is 0 Å². The number of nitrogens with zero attached hydrogens (tertiary/aromatic N) is 3. The van der Waals surface area contributed by atoms with E-state index in [4.69, 9.17) is 11.6 Å². The molecule has 2 aromatic heterocycles. The average molecular weight is 405 g/mol. The quantitative estimate of drug-likeness (QED) is 0.610. The summed E-state index contributed by atoms with van der Waals surface area (Å²) < 4.78 is 25.9. The third-order valence-electron chi connectivity index (χ3n) is 2.74. The van der Waals surface area contributed by atoms with Crippen LogP contribution in [0.1, 0.15) is 5.69 Å². The monoisotopic (exact) mass is 403 g/mol. The van der Waals surface area contributed by atoms with Gasteiger partial charge in [-0.05, 0) is 42.8 Å². The van der Waals surface area contributed by atoms with E-state index in [-0.39, 0.29) is 14.5 Å². The molecule has 0 aliphatic heterocycles. The van der Waals surface area contributed by atoms with Crippen molar-refractivity contribution in [2.45, 2.75) is 16.2 Å². The van der Waals surface area contributed by atoms with Gasteiger partial charge in [0.05, 0.1) is 10.6 Å². The van der Waals surface area contributed by atoms with Crippen molar-refractivity contribution in [1.29, 1.82) is 0 Å². The number of sulfone groups is 1. The minimum absolute atomic E-state index is 0.0144. The van der Waals surface area contributed by atoms with E-state index in [9.17, 15) is 8.42 Å². The van der Waals surface area contributed by atoms with Crippen molar-refractivity contribution in [1.82, 2.24) is 15.0 Å². The molecule has 0 aliphatic rings. The van der Waals surface area contributed by atoms with Crippen LogP contribution in [0.4, 0.5) is 0 Å². The van der Waals surface area contributed by atoms with Crippen LogP contribution >= 0.6 is 38.9 Å². The zero-order chi connectivity index (χ0) is 15.2. The Morgan fingerprint density at radius 3 is 2.48 bits per heavy atom. The van der Waals surface area contributed by atoms with Crippen LogP contribution in [-0.2, 0) is 9.84 Å². The zero-order valence-electron chi connectivity index (χ0n) is 10.5. The van der Waals surface area contributed by atoms with Gasteiger partial charge < -0.3 is 0 Å². The summed E-state index contributed by atoms with van der Waals surface area (Å²) in [6, 6.07) is 6.39. The van der Waals surface area contributed by atoms with E-state index < -0.39 is 9.84 Å². The second-order valence-electron chi connectivity index (χ2n) is 4.17. The molecule has 108 valence electrons. The number of thiazole rings is 1. The van der Waals surface area contributed by atoms with Crippen molar-refractivity contribution < 1.29 is 8.42 Å². The lowest BCUT2D eigenvalue weighted by Crippen LogP contribution is -2.01. The summed E-state index contributed by atoms with van der Waals surface area (Å²) in [4.78, 5) is 12.8. The molecule has 5 nitrogen and oxygen atoms in total. The highest BCUT2D eigenvalue weighted by Gasteiger charge is 2.23. The van der Waals surface area contributed by atoms with Crippen molar-refractivity contribution in [2.24, 2.45) is 0 Å². The zero-order valence-corrected chi connectivity index (χ0v) is 14.5. The fourth-order valence-corrected chi connectivity index (χ4v) is 4.86. The van der Waals surface area contributed by atoms with Crippen LogP contribution in [0.25, 0.3) is 10.3 Å². The molecule has 0 amide bonds. The highest BCUT2D eigenvalue weighted by molar-refractivity contribution is 9.10. The smallest absolute Gasteiger partial charge is 0.221 e. The van der Waals surface area contributed by atoms with Crippen molar-refractivity contribution in [2.75, 3.05) is 0 Å². The summed E-state index contributed by atoms with van der Waals surface area (Å²) in [5.41, 5.74) is 1.01. The number of aromatic nitrogens is 3. The normalized spacial score (nSPS) is 12.0. The summed E-state index contributed by atoms with van der Waals surface area (Å²) in [5.74, 6) is 0. The van der Waals surface area contributed by atoms with Gasteiger partial charge in [-0.2, -0.15) is 0 Å². The molecule has 3 aromatic rings. The van der Waals surface area contributed by atoms with Gasteiger partial charge in [0, 0.05) is 4.47 Å². The van der Waals surface area contributed by atoms with Gasteiger partial charge in [-0.1, -0.05) is 27.3 Å². The Morgan fingerprint density at radius 1 is 1.14 bits per heavy atom. The lowest BCUT2D eigenvalue weighted by atomic mass is 10.4. The number of benzene rings is 1. The number of aryl methyl sites for hydroxylation is 1. The van der Waals surface area contributed by atoms with Crippen LogP contribution < -0.4 is 0 Å². The molecule has 21 heavy (non-hydrogen) atoms. The maximum absolute atomic E-state index is 12.6. The number of fused-ring (bicyclic) bond motifs is 1. The Morgan fingerprint density at radius 2 is 1.81 bits per heavy atom. The predicted molar refractivity (Wildman–Crippen MR) is 84.6 cm³/mol. The highest BCUT2D eigenvalue weighted by Crippen LogP contribution is 2.30. The van der Waals surface area contributed by atoms with Gasteiger partial charge in [0.2, 0.25) is 19.5 Å². The lowest BCUT2D eigenvalue weighted by Gasteiger charge is -2.00. The molecular weight excluding hydrogens is 398 g/mol. The first kappa shape index (κ1) is 14.8. The largest absolute Gasteiger partial charge is 0.233 e. The molecule has 3 rings (SSSR count). The first-order chi connectivity index (χ1) is 9.88. The topological polar surface area (TPSA) is 72.8 Å². The Kier molecular flexibility index (Phi) is 3.73. The van der Waals surface area contributed by atoms with E-state index in [1.807, 2.05) is 0 Å². The first-order valence-corrected chi connectivity index (χ1v) is 9.16. The van der Waals surface area contributed by atoms with E-state index in [2.05, 4.69) is 30.9 Å². The average Bonchev–Trinajstić information content (AvgIpc) is 2.84. The number of halogens is 2. The number of rotatable bonds is 2.